The molecule has 0 unspecified atom stereocenters. The second-order valence-corrected chi connectivity index (χ2v) is 6.70. The normalized spacial score (nSPS) is 13.9. The van der Waals surface area contributed by atoms with Crippen LogP contribution in [0.15, 0.2) is 23.2 Å². The largest absolute Gasteiger partial charge is 0.504 e. The van der Waals surface area contributed by atoms with Crippen LogP contribution in [-0.2, 0) is 17.6 Å². The summed E-state index contributed by atoms with van der Waals surface area (Å²) in [5.41, 5.74) is 2.30. The third-order valence-electron chi connectivity index (χ3n) is 3.96. The highest BCUT2D eigenvalue weighted by Crippen LogP contribution is 2.40. The molecule has 6 heteroatoms. The van der Waals surface area contributed by atoms with Gasteiger partial charge in [0.15, 0.2) is 11.5 Å². The van der Waals surface area contributed by atoms with Crippen LogP contribution in [0.25, 0.3) is 0 Å². The Kier molecular flexibility index (Phi) is 4.85. The molecule has 2 N–H and O–H groups in total. The number of nitrogens with zero attached hydrogens (tertiary/aromatic N) is 1. The van der Waals surface area contributed by atoms with Gasteiger partial charge in [-0.05, 0) is 61.9 Å². The highest BCUT2D eigenvalue weighted by Gasteiger charge is 2.25. The highest BCUT2D eigenvalue weighted by atomic mass is 32.1. The summed E-state index contributed by atoms with van der Waals surface area (Å²) in [7, 11) is 0. The number of thiophene rings is 1. The molecule has 0 fully saturated rings. The topological polar surface area (TPSA) is 79.1 Å². The van der Waals surface area contributed by atoms with Crippen LogP contribution in [0.2, 0.25) is 0 Å². The summed E-state index contributed by atoms with van der Waals surface area (Å²) in [4.78, 5) is 18.0. The van der Waals surface area contributed by atoms with Crippen LogP contribution in [0.1, 0.15) is 46.1 Å². The molecule has 0 aliphatic heterocycles. The SMILES string of the molecule is CCOC(=O)c1c(N=Cc2ccc(O)c(O)c2)sc2c1CCCC2. The van der Waals surface area contributed by atoms with Crippen LogP contribution < -0.4 is 0 Å². The summed E-state index contributed by atoms with van der Waals surface area (Å²) >= 11 is 1.53. The van der Waals surface area contributed by atoms with Gasteiger partial charge < -0.3 is 14.9 Å². The second-order valence-electron chi connectivity index (χ2n) is 5.62. The predicted molar refractivity (Wildman–Crippen MR) is 93.9 cm³/mol. The number of aryl methyl sites for hydroxylation is 1. The van der Waals surface area contributed by atoms with E-state index in [0.29, 0.717) is 22.7 Å². The van der Waals surface area contributed by atoms with Crippen molar-refractivity contribution in [3.05, 3.63) is 39.8 Å². The standard InChI is InChI=1S/C18H19NO4S/c1-2-23-18(22)16-12-5-3-4-6-15(12)24-17(16)19-10-11-7-8-13(20)14(21)9-11/h7-10,20-21H,2-6H2,1H3. The molecule has 3 rings (SSSR count). The fourth-order valence-corrected chi connectivity index (χ4v) is 4.03. The van der Waals surface area contributed by atoms with Crippen molar-refractivity contribution < 1.29 is 19.7 Å². The third kappa shape index (κ3) is 3.28. The van der Waals surface area contributed by atoms with E-state index in [2.05, 4.69) is 4.99 Å². The molecule has 2 aromatic rings. The lowest BCUT2D eigenvalue weighted by Crippen LogP contribution is -2.09. The zero-order valence-corrected chi connectivity index (χ0v) is 14.2. The van der Waals surface area contributed by atoms with E-state index in [9.17, 15) is 15.0 Å². The Balaban J connectivity index is 1.97. The average Bonchev–Trinajstić information content (AvgIpc) is 2.94. The average molecular weight is 345 g/mol. The van der Waals surface area contributed by atoms with Crippen molar-refractivity contribution in [1.82, 2.24) is 0 Å². The Bertz CT molecular complexity index is 795. The van der Waals surface area contributed by atoms with Crippen LogP contribution in [0.5, 0.6) is 11.5 Å². The van der Waals surface area contributed by atoms with E-state index in [-0.39, 0.29) is 17.5 Å². The summed E-state index contributed by atoms with van der Waals surface area (Å²) in [5, 5.41) is 19.6. The van der Waals surface area contributed by atoms with Crippen LogP contribution in [0, 0.1) is 0 Å². The third-order valence-corrected chi connectivity index (χ3v) is 5.16. The minimum absolute atomic E-state index is 0.175. The lowest BCUT2D eigenvalue weighted by molar-refractivity contribution is 0.0526. The second kappa shape index (κ2) is 7.05. The number of carbonyl (C=O) groups excluding carboxylic acids is 1. The van der Waals surface area contributed by atoms with Crippen molar-refractivity contribution in [3.8, 4) is 11.5 Å². The number of ether oxygens (including phenoxy) is 1. The van der Waals surface area contributed by atoms with Crippen molar-refractivity contribution in [2.24, 2.45) is 4.99 Å². The molecule has 1 aromatic carbocycles. The Morgan fingerprint density at radius 1 is 1.29 bits per heavy atom. The summed E-state index contributed by atoms with van der Waals surface area (Å²) in [6, 6.07) is 4.48. The summed E-state index contributed by atoms with van der Waals surface area (Å²) in [6.45, 7) is 2.12. The van der Waals surface area contributed by atoms with Crippen molar-refractivity contribution in [3.63, 3.8) is 0 Å². The molecule has 0 bridgehead atoms. The van der Waals surface area contributed by atoms with Gasteiger partial charge in [0, 0.05) is 11.1 Å². The molecule has 0 saturated heterocycles. The Hall–Kier alpha value is -2.34. The number of aliphatic imine (C=N–C) groups is 1. The van der Waals surface area contributed by atoms with Crippen LogP contribution in [0.4, 0.5) is 5.00 Å². The lowest BCUT2D eigenvalue weighted by atomic mass is 9.95. The molecule has 0 spiro atoms. The minimum atomic E-state index is -0.322. The van der Waals surface area contributed by atoms with Gasteiger partial charge in [0.25, 0.3) is 0 Å². The summed E-state index contributed by atoms with van der Waals surface area (Å²) in [6.07, 6.45) is 5.65. The Morgan fingerprint density at radius 2 is 2.08 bits per heavy atom. The highest BCUT2D eigenvalue weighted by molar-refractivity contribution is 7.16. The van der Waals surface area contributed by atoms with Gasteiger partial charge in [0.05, 0.1) is 12.2 Å². The summed E-state index contributed by atoms with van der Waals surface area (Å²) in [5.74, 6) is -0.696. The molecule has 0 amide bonds. The van der Waals surface area contributed by atoms with Gasteiger partial charge in [-0.3, -0.25) is 0 Å². The van der Waals surface area contributed by atoms with E-state index in [1.807, 2.05) is 0 Å². The van der Waals surface area contributed by atoms with Gasteiger partial charge >= 0.3 is 5.97 Å². The maximum Gasteiger partial charge on any atom is 0.341 e. The first kappa shape index (κ1) is 16.5. The van der Waals surface area contributed by atoms with Crippen LogP contribution in [0.3, 0.4) is 0 Å². The van der Waals surface area contributed by atoms with Gasteiger partial charge in [-0.1, -0.05) is 0 Å². The van der Waals surface area contributed by atoms with Gasteiger partial charge in [-0.15, -0.1) is 11.3 Å². The number of benzene rings is 1. The Morgan fingerprint density at radius 3 is 2.83 bits per heavy atom. The molecular weight excluding hydrogens is 326 g/mol. The van der Waals surface area contributed by atoms with E-state index < -0.39 is 0 Å². The van der Waals surface area contributed by atoms with E-state index in [0.717, 1.165) is 31.2 Å². The van der Waals surface area contributed by atoms with Crippen LogP contribution in [-0.4, -0.2) is 29.0 Å². The number of hydrogen-bond donors (Lipinski definition) is 2. The molecule has 5 nitrogen and oxygen atoms in total. The first-order valence-electron chi connectivity index (χ1n) is 7.98. The first-order chi connectivity index (χ1) is 11.6. The lowest BCUT2D eigenvalue weighted by Gasteiger charge is -2.11. The number of rotatable bonds is 4. The maximum atomic E-state index is 12.3. The molecule has 0 atom stereocenters. The fraction of sp³-hybridized carbons (Fsp3) is 0.333. The first-order valence-corrected chi connectivity index (χ1v) is 8.79. The van der Waals surface area contributed by atoms with Crippen molar-refractivity contribution in [1.29, 1.82) is 0 Å². The fourth-order valence-electron chi connectivity index (χ4n) is 2.81. The van der Waals surface area contributed by atoms with E-state index >= 15 is 0 Å². The van der Waals surface area contributed by atoms with E-state index in [4.69, 9.17) is 4.74 Å². The zero-order chi connectivity index (χ0) is 17.1. The van der Waals surface area contributed by atoms with Crippen molar-refractivity contribution in [2.75, 3.05) is 6.61 Å². The molecule has 126 valence electrons. The minimum Gasteiger partial charge on any atom is -0.504 e. The quantitative estimate of drug-likeness (QED) is 0.499. The number of carbonyl (C=O) groups is 1. The molecule has 0 radical (unpaired) electrons. The Labute approximate surface area is 144 Å². The van der Waals surface area contributed by atoms with Crippen molar-refractivity contribution >= 4 is 28.5 Å². The summed E-state index contributed by atoms with van der Waals surface area (Å²) < 4.78 is 5.20. The van der Waals surface area contributed by atoms with Crippen LogP contribution >= 0.6 is 11.3 Å². The smallest absolute Gasteiger partial charge is 0.341 e. The number of fused-ring (bicyclic) bond motifs is 1. The van der Waals surface area contributed by atoms with Gasteiger partial charge in [0.1, 0.15) is 5.00 Å². The van der Waals surface area contributed by atoms with Gasteiger partial charge in [-0.25, -0.2) is 9.79 Å². The van der Waals surface area contributed by atoms with Gasteiger partial charge in [0.2, 0.25) is 0 Å². The molecule has 1 aliphatic rings. The predicted octanol–water partition coefficient (Wildman–Crippen LogP) is 3.97. The number of aromatic hydroxyl groups is 2. The van der Waals surface area contributed by atoms with E-state index in [1.165, 1.54) is 28.3 Å². The zero-order valence-electron chi connectivity index (χ0n) is 13.4. The number of phenolic OH excluding ortho intramolecular Hbond substituents is 2. The molecule has 0 saturated carbocycles. The number of hydrogen-bond acceptors (Lipinski definition) is 6. The molecule has 1 aromatic heterocycles. The number of phenols is 2. The molecular formula is C18H19NO4S. The van der Waals surface area contributed by atoms with E-state index in [1.54, 1.807) is 19.2 Å². The molecule has 1 heterocycles. The number of esters is 1. The monoisotopic (exact) mass is 345 g/mol. The van der Waals surface area contributed by atoms with Gasteiger partial charge in [-0.2, -0.15) is 0 Å². The van der Waals surface area contributed by atoms with Crippen molar-refractivity contribution in [2.45, 2.75) is 32.6 Å². The molecule has 24 heavy (non-hydrogen) atoms. The maximum absolute atomic E-state index is 12.3. The molecule has 1 aliphatic carbocycles.